The number of halogens is 4. The zero-order chi connectivity index (χ0) is 13.9. The molecule has 100 valence electrons. The second kappa shape index (κ2) is 5.79. The van der Waals surface area contributed by atoms with E-state index in [0.717, 1.165) is 16.4 Å². The number of carbonyl (C=O) groups is 1. The largest absolute Gasteiger partial charge is 0.435 e. The predicted octanol–water partition coefficient (Wildman–Crippen LogP) is 3.39. The quantitative estimate of drug-likeness (QED) is 0.858. The highest BCUT2D eigenvalue weighted by Crippen LogP contribution is 2.34. The van der Waals surface area contributed by atoms with Crippen molar-refractivity contribution in [1.82, 2.24) is 9.78 Å². The van der Waals surface area contributed by atoms with Gasteiger partial charge in [-0.15, -0.1) is 0 Å². The molecule has 0 aromatic carbocycles. The molecule has 0 fully saturated rings. The van der Waals surface area contributed by atoms with Crippen LogP contribution in [0.1, 0.15) is 18.2 Å². The molecular weight excluding hydrogens is 289 g/mol. The maximum atomic E-state index is 12.7. The van der Waals surface area contributed by atoms with Crippen LogP contribution in [-0.2, 0) is 18.0 Å². The van der Waals surface area contributed by atoms with Crippen LogP contribution in [0.15, 0.2) is 6.08 Å². The van der Waals surface area contributed by atoms with Gasteiger partial charge in [0.2, 0.25) is 0 Å². The Labute approximate surface area is 111 Å². The summed E-state index contributed by atoms with van der Waals surface area (Å²) in [6, 6.07) is 0. The summed E-state index contributed by atoms with van der Waals surface area (Å²) in [5.74, 6) is 0.290. The van der Waals surface area contributed by atoms with Crippen LogP contribution in [0, 0.1) is 0 Å². The first-order valence-corrected chi connectivity index (χ1v) is 6.19. The molecule has 0 spiro atoms. The summed E-state index contributed by atoms with van der Waals surface area (Å²) in [4.78, 5) is 10.7. The van der Waals surface area contributed by atoms with Crippen molar-refractivity contribution in [1.29, 1.82) is 0 Å². The molecule has 0 bridgehead atoms. The summed E-state index contributed by atoms with van der Waals surface area (Å²) in [6.07, 6.45) is -1.88. The predicted molar refractivity (Wildman–Crippen MR) is 65.4 cm³/mol. The van der Waals surface area contributed by atoms with Gasteiger partial charge in [0.05, 0.1) is 0 Å². The molecule has 0 N–H and O–H groups in total. The molecule has 0 radical (unpaired) electrons. The fourth-order valence-corrected chi connectivity index (χ4v) is 1.83. The lowest BCUT2D eigenvalue weighted by Gasteiger charge is -2.02. The number of carbonyl (C=O) groups excluding carboxylic acids is 1. The number of hydrogen-bond donors (Lipinski definition) is 0. The Balaban J connectivity index is 2.97. The van der Waals surface area contributed by atoms with E-state index in [9.17, 15) is 18.0 Å². The molecule has 1 heterocycles. The lowest BCUT2D eigenvalue weighted by Crippen LogP contribution is -2.08. The first-order chi connectivity index (χ1) is 8.23. The van der Waals surface area contributed by atoms with Gasteiger partial charge >= 0.3 is 6.18 Å². The number of thioether (sulfide) groups is 1. The third-order valence-electron chi connectivity index (χ3n) is 1.95. The first kappa shape index (κ1) is 15.1. The standard InChI is InChI=1S/C10H10ClF3N2OS/c1-6(17)18-5-3-4-7-8(10(12,13)14)15-16(2)9(7)11/h3-4H,5H2,1-2H3. The van der Waals surface area contributed by atoms with Crippen molar-refractivity contribution in [3.8, 4) is 0 Å². The molecule has 0 saturated heterocycles. The van der Waals surface area contributed by atoms with Gasteiger partial charge in [-0.2, -0.15) is 18.3 Å². The van der Waals surface area contributed by atoms with Gasteiger partial charge in [0.25, 0.3) is 0 Å². The Bertz CT molecular complexity index is 482. The van der Waals surface area contributed by atoms with Gasteiger partial charge in [-0.1, -0.05) is 35.5 Å². The molecule has 0 atom stereocenters. The van der Waals surface area contributed by atoms with Crippen LogP contribution in [0.2, 0.25) is 5.15 Å². The van der Waals surface area contributed by atoms with Crippen LogP contribution in [0.4, 0.5) is 13.2 Å². The lowest BCUT2D eigenvalue weighted by atomic mass is 10.2. The van der Waals surface area contributed by atoms with Crippen molar-refractivity contribution >= 4 is 34.6 Å². The molecule has 18 heavy (non-hydrogen) atoms. The minimum absolute atomic E-state index is 0.0913. The van der Waals surface area contributed by atoms with E-state index in [1.807, 2.05) is 0 Å². The topological polar surface area (TPSA) is 34.9 Å². The molecule has 1 rings (SSSR count). The molecule has 0 unspecified atom stereocenters. The van der Waals surface area contributed by atoms with E-state index in [1.165, 1.54) is 26.1 Å². The molecule has 0 saturated carbocycles. The van der Waals surface area contributed by atoms with E-state index >= 15 is 0 Å². The number of aryl methyl sites for hydroxylation is 1. The summed E-state index contributed by atoms with van der Waals surface area (Å²) in [7, 11) is 1.33. The lowest BCUT2D eigenvalue weighted by molar-refractivity contribution is -0.141. The maximum Gasteiger partial charge on any atom is 0.435 e. The summed E-state index contributed by atoms with van der Waals surface area (Å²) >= 11 is 6.74. The van der Waals surface area contributed by atoms with Gasteiger partial charge in [-0.05, 0) is 0 Å². The highest BCUT2D eigenvalue weighted by Gasteiger charge is 2.37. The first-order valence-electron chi connectivity index (χ1n) is 4.83. The number of hydrogen-bond acceptors (Lipinski definition) is 3. The summed E-state index contributed by atoms with van der Waals surface area (Å²) < 4.78 is 38.9. The fourth-order valence-electron chi connectivity index (χ4n) is 1.21. The second-order valence-electron chi connectivity index (χ2n) is 3.38. The Morgan fingerprint density at radius 1 is 1.56 bits per heavy atom. The van der Waals surface area contributed by atoms with Crippen molar-refractivity contribution < 1.29 is 18.0 Å². The zero-order valence-electron chi connectivity index (χ0n) is 9.58. The molecule has 1 aromatic rings. The van der Waals surface area contributed by atoms with E-state index in [1.54, 1.807) is 0 Å². The Morgan fingerprint density at radius 3 is 2.67 bits per heavy atom. The molecule has 0 aliphatic carbocycles. The average Bonchev–Trinajstić information content (AvgIpc) is 2.51. The van der Waals surface area contributed by atoms with Gasteiger partial charge in [-0.3, -0.25) is 9.48 Å². The van der Waals surface area contributed by atoms with Crippen LogP contribution >= 0.6 is 23.4 Å². The Hall–Kier alpha value is -0.950. The highest BCUT2D eigenvalue weighted by atomic mass is 35.5. The van der Waals surface area contributed by atoms with Gasteiger partial charge in [0, 0.05) is 25.3 Å². The molecule has 0 aliphatic heterocycles. The highest BCUT2D eigenvalue weighted by molar-refractivity contribution is 8.13. The van der Waals surface area contributed by atoms with Crippen molar-refractivity contribution in [2.24, 2.45) is 7.05 Å². The fraction of sp³-hybridized carbons (Fsp3) is 0.400. The maximum absolute atomic E-state index is 12.7. The number of rotatable bonds is 3. The van der Waals surface area contributed by atoms with E-state index in [4.69, 9.17) is 11.6 Å². The SMILES string of the molecule is CC(=O)SCC=Cc1c(C(F)(F)F)nn(C)c1Cl. The number of nitrogens with zero attached hydrogens (tertiary/aromatic N) is 2. The molecule has 0 amide bonds. The number of alkyl halides is 3. The average molecular weight is 299 g/mol. The van der Waals surface area contributed by atoms with Gasteiger partial charge in [0.15, 0.2) is 10.8 Å². The summed E-state index contributed by atoms with van der Waals surface area (Å²) in [6.45, 7) is 1.39. The van der Waals surface area contributed by atoms with Crippen molar-refractivity contribution in [2.45, 2.75) is 13.1 Å². The van der Waals surface area contributed by atoms with Crippen molar-refractivity contribution in [3.05, 3.63) is 22.5 Å². The third kappa shape index (κ3) is 3.78. The monoisotopic (exact) mass is 298 g/mol. The smallest absolute Gasteiger partial charge is 0.288 e. The summed E-state index contributed by atoms with van der Waals surface area (Å²) in [5.41, 5.74) is -1.21. The van der Waals surface area contributed by atoms with E-state index in [0.29, 0.717) is 0 Å². The minimum atomic E-state index is -4.56. The molecule has 3 nitrogen and oxygen atoms in total. The van der Waals surface area contributed by atoms with Crippen LogP contribution in [0.5, 0.6) is 0 Å². The third-order valence-corrected chi connectivity index (χ3v) is 3.16. The molecular formula is C10H10ClF3N2OS. The van der Waals surface area contributed by atoms with Crippen molar-refractivity contribution in [2.75, 3.05) is 5.75 Å². The molecule has 1 aromatic heterocycles. The van der Waals surface area contributed by atoms with Crippen molar-refractivity contribution in [3.63, 3.8) is 0 Å². The summed E-state index contributed by atoms with van der Waals surface area (Å²) in [5, 5.41) is 3.13. The van der Waals surface area contributed by atoms with Crippen LogP contribution in [0.3, 0.4) is 0 Å². The van der Waals surface area contributed by atoms with Gasteiger partial charge < -0.3 is 0 Å². The van der Waals surface area contributed by atoms with E-state index < -0.39 is 11.9 Å². The Kier molecular flexibility index (Phi) is 4.86. The second-order valence-corrected chi connectivity index (χ2v) is 4.93. The van der Waals surface area contributed by atoms with E-state index in [-0.39, 0.29) is 21.6 Å². The molecule has 0 aliphatic rings. The van der Waals surface area contributed by atoms with Crippen LogP contribution in [0.25, 0.3) is 6.08 Å². The van der Waals surface area contributed by atoms with E-state index in [2.05, 4.69) is 5.10 Å². The Morgan fingerprint density at radius 2 is 2.17 bits per heavy atom. The zero-order valence-corrected chi connectivity index (χ0v) is 11.2. The van der Waals surface area contributed by atoms with Crippen LogP contribution < -0.4 is 0 Å². The number of aromatic nitrogens is 2. The minimum Gasteiger partial charge on any atom is -0.288 e. The van der Waals surface area contributed by atoms with Gasteiger partial charge in [-0.25, -0.2) is 0 Å². The van der Waals surface area contributed by atoms with Gasteiger partial charge in [0.1, 0.15) is 5.15 Å². The molecule has 8 heteroatoms. The normalized spacial score (nSPS) is 12.3. The van der Waals surface area contributed by atoms with Crippen LogP contribution in [-0.4, -0.2) is 20.6 Å².